The molecular weight excluding hydrogens is 298 g/mol. The summed E-state index contributed by atoms with van der Waals surface area (Å²) in [5.74, 6) is -0.805. The fourth-order valence-corrected chi connectivity index (χ4v) is 3.20. The number of nitrogens with one attached hydrogen (secondary N) is 1. The van der Waals surface area contributed by atoms with E-state index in [4.69, 9.17) is 4.74 Å². The Morgan fingerprint density at radius 3 is 2.23 bits per heavy atom. The van der Waals surface area contributed by atoms with Crippen molar-refractivity contribution in [1.82, 2.24) is 0 Å². The standard InChI is InChI=1S/C17H19NO3S/c1-10-5-11(2)7-14(6-10)18-16(19)9-21-17(20)15-8-12(3)22-13(15)4/h5-8H,9H2,1-4H3,(H,18,19). The van der Waals surface area contributed by atoms with Crippen molar-refractivity contribution >= 4 is 28.9 Å². The van der Waals surface area contributed by atoms with Crippen molar-refractivity contribution in [1.29, 1.82) is 0 Å². The lowest BCUT2D eigenvalue weighted by atomic mass is 10.1. The molecule has 0 unspecified atom stereocenters. The Labute approximate surface area is 134 Å². The summed E-state index contributed by atoms with van der Waals surface area (Å²) in [4.78, 5) is 25.8. The van der Waals surface area contributed by atoms with E-state index in [9.17, 15) is 9.59 Å². The van der Waals surface area contributed by atoms with Crippen LogP contribution in [0.15, 0.2) is 24.3 Å². The summed E-state index contributed by atoms with van der Waals surface area (Å²) in [6, 6.07) is 7.56. The number of aryl methyl sites for hydroxylation is 4. The van der Waals surface area contributed by atoms with Gasteiger partial charge in [-0.1, -0.05) is 6.07 Å². The number of thiophene rings is 1. The normalized spacial score (nSPS) is 10.4. The molecule has 1 amide bonds. The predicted octanol–water partition coefficient (Wildman–Crippen LogP) is 3.78. The molecule has 22 heavy (non-hydrogen) atoms. The third kappa shape index (κ3) is 4.18. The molecule has 0 aliphatic heterocycles. The molecule has 5 heteroatoms. The Hall–Kier alpha value is -2.14. The van der Waals surface area contributed by atoms with E-state index in [2.05, 4.69) is 5.32 Å². The highest BCUT2D eigenvalue weighted by Gasteiger charge is 2.15. The first kappa shape index (κ1) is 16.2. The van der Waals surface area contributed by atoms with Crippen LogP contribution in [-0.2, 0) is 9.53 Å². The van der Waals surface area contributed by atoms with E-state index in [1.807, 2.05) is 45.9 Å². The van der Waals surface area contributed by atoms with Gasteiger partial charge in [-0.15, -0.1) is 11.3 Å². The smallest absolute Gasteiger partial charge is 0.339 e. The maximum Gasteiger partial charge on any atom is 0.339 e. The van der Waals surface area contributed by atoms with E-state index in [0.717, 1.165) is 20.9 Å². The van der Waals surface area contributed by atoms with Gasteiger partial charge in [0.05, 0.1) is 5.56 Å². The van der Waals surface area contributed by atoms with Crippen molar-refractivity contribution < 1.29 is 14.3 Å². The van der Waals surface area contributed by atoms with E-state index in [-0.39, 0.29) is 12.5 Å². The Morgan fingerprint density at radius 1 is 1.05 bits per heavy atom. The van der Waals surface area contributed by atoms with Crippen LogP contribution in [0.4, 0.5) is 5.69 Å². The molecule has 0 saturated heterocycles. The summed E-state index contributed by atoms with van der Waals surface area (Å²) in [5, 5.41) is 2.74. The summed E-state index contributed by atoms with van der Waals surface area (Å²) in [6.07, 6.45) is 0. The Kier molecular flexibility index (Phi) is 4.98. The lowest BCUT2D eigenvalue weighted by Crippen LogP contribution is -2.21. The molecular formula is C17H19NO3S. The minimum Gasteiger partial charge on any atom is -0.452 e. The van der Waals surface area contributed by atoms with Crippen LogP contribution >= 0.6 is 11.3 Å². The van der Waals surface area contributed by atoms with Gasteiger partial charge in [-0.25, -0.2) is 4.79 Å². The molecule has 0 aliphatic carbocycles. The molecule has 1 N–H and O–H groups in total. The van der Waals surface area contributed by atoms with Crippen LogP contribution in [0.5, 0.6) is 0 Å². The summed E-state index contributed by atoms with van der Waals surface area (Å²) in [6.45, 7) is 7.43. The van der Waals surface area contributed by atoms with Crippen molar-refractivity contribution in [3.63, 3.8) is 0 Å². The van der Waals surface area contributed by atoms with E-state index < -0.39 is 5.97 Å². The van der Waals surface area contributed by atoms with E-state index in [1.54, 1.807) is 6.07 Å². The molecule has 0 aliphatic rings. The fraction of sp³-hybridized carbons (Fsp3) is 0.294. The highest BCUT2D eigenvalue weighted by atomic mass is 32.1. The maximum absolute atomic E-state index is 11.9. The van der Waals surface area contributed by atoms with Gasteiger partial charge >= 0.3 is 5.97 Å². The van der Waals surface area contributed by atoms with Crippen LogP contribution in [0.2, 0.25) is 0 Å². The molecule has 1 aromatic heterocycles. The van der Waals surface area contributed by atoms with Gasteiger partial charge in [0.15, 0.2) is 6.61 Å². The van der Waals surface area contributed by atoms with Crippen LogP contribution in [-0.4, -0.2) is 18.5 Å². The topological polar surface area (TPSA) is 55.4 Å². The molecule has 0 saturated carbocycles. The first-order valence-electron chi connectivity index (χ1n) is 6.97. The quantitative estimate of drug-likeness (QED) is 0.873. The maximum atomic E-state index is 11.9. The monoisotopic (exact) mass is 317 g/mol. The average molecular weight is 317 g/mol. The zero-order valence-electron chi connectivity index (χ0n) is 13.1. The zero-order chi connectivity index (χ0) is 16.3. The number of esters is 1. The molecule has 1 heterocycles. The summed E-state index contributed by atoms with van der Waals surface area (Å²) in [5.41, 5.74) is 3.37. The van der Waals surface area contributed by atoms with Crippen molar-refractivity contribution in [3.8, 4) is 0 Å². The van der Waals surface area contributed by atoms with Gasteiger partial charge in [-0.3, -0.25) is 4.79 Å². The number of anilines is 1. The molecule has 2 aromatic rings. The SMILES string of the molecule is Cc1cc(C)cc(NC(=O)COC(=O)c2cc(C)sc2C)c1. The third-order valence-corrected chi connectivity index (χ3v) is 4.07. The summed E-state index contributed by atoms with van der Waals surface area (Å²) >= 11 is 1.54. The molecule has 0 spiro atoms. The second kappa shape index (κ2) is 6.75. The van der Waals surface area contributed by atoms with Crippen LogP contribution in [0, 0.1) is 27.7 Å². The number of benzene rings is 1. The van der Waals surface area contributed by atoms with Crippen molar-refractivity contribution in [3.05, 3.63) is 50.7 Å². The molecule has 0 fully saturated rings. The number of ether oxygens (including phenoxy) is 1. The molecule has 0 radical (unpaired) electrons. The lowest BCUT2D eigenvalue weighted by Gasteiger charge is -2.08. The number of hydrogen-bond donors (Lipinski definition) is 1. The van der Waals surface area contributed by atoms with Crippen LogP contribution in [0.25, 0.3) is 0 Å². The van der Waals surface area contributed by atoms with Gasteiger partial charge in [0.25, 0.3) is 5.91 Å². The number of carbonyl (C=O) groups is 2. The van der Waals surface area contributed by atoms with Crippen molar-refractivity contribution in [2.45, 2.75) is 27.7 Å². The third-order valence-electron chi connectivity index (χ3n) is 3.10. The Balaban J connectivity index is 1.92. The van der Waals surface area contributed by atoms with E-state index in [1.165, 1.54) is 11.3 Å². The molecule has 4 nitrogen and oxygen atoms in total. The minimum atomic E-state index is -0.461. The number of amides is 1. The molecule has 0 atom stereocenters. The van der Waals surface area contributed by atoms with Crippen molar-refractivity contribution in [2.75, 3.05) is 11.9 Å². The highest BCUT2D eigenvalue weighted by molar-refractivity contribution is 7.12. The average Bonchev–Trinajstić information content (AvgIpc) is 2.74. The Bertz CT molecular complexity index is 698. The largest absolute Gasteiger partial charge is 0.452 e. The second-order valence-corrected chi connectivity index (χ2v) is 6.79. The fourth-order valence-electron chi connectivity index (χ4n) is 2.29. The molecule has 2 rings (SSSR count). The number of carbonyl (C=O) groups excluding carboxylic acids is 2. The van der Waals surface area contributed by atoms with E-state index in [0.29, 0.717) is 11.3 Å². The minimum absolute atomic E-state index is 0.292. The van der Waals surface area contributed by atoms with Crippen LogP contribution in [0.1, 0.15) is 31.2 Å². The van der Waals surface area contributed by atoms with Crippen LogP contribution in [0.3, 0.4) is 0 Å². The van der Waals surface area contributed by atoms with Gasteiger partial charge in [-0.2, -0.15) is 0 Å². The van der Waals surface area contributed by atoms with Gasteiger partial charge in [-0.05, 0) is 57.0 Å². The second-order valence-electron chi connectivity index (χ2n) is 5.33. The first-order chi connectivity index (χ1) is 10.3. The summed E-state index contributed by atoms with van der Waals surface area (Å²) in [7, 11) is 0. The van der Waals surface area contributed by atoms with Crippen molar-refractivity contribution in [2.24, 2.45) is 0 Å². The Morgan fingerprint density at radius 2 is 1.68 bits per heavy atom. The predicted molar refractivity (Wildman–Crippen MR) is 88.6 cm³/mol. The van der Waals surface area contributed by atoms with Gasteiger partial charge in [0.2, 0.25) is 0 Å². The molecule has 116 valence electrons. The zero-order valence-corrected chi connectivity index (χ0v) is 14.0. The molecule has 1 aromatic carbocycles. The van der Waals surface area contributed by atoms with Crippen LogP contribution < -0.4 is 5.32 Å². The van der Waals surface area contributed by atoms with E-state index >= 15 is 0 Å². The van der Waals surface area contributed by atoms with Gasteiger partial charge < -0.3 is 10.1 Å². The first-order valence-corrected chi connectivity index (χ1v) is 7.79. The van der Waals surface area contributed by atoms with Gasteiger partial charge in [0, 0.05) is 15.4 Å². The number of hydrogen-bond acceptors (Lipinski definition) is 4. The van der Waals surface area contributed by atoms with Gasteiger partial charge in [0.1, 0.15) is 0 Å². The lowest BCUT2D eigenvalue weighted by molar-refractivity contribution is -0.119. The number of rotatable bonds is 4. The molecule has 0 bridgehead atoms. The highest BCUT2D eigenvalue weighted by Crippen LogP contribution is 2.21. The summed E-state index contributed by atoms with van der Waals surface area (Å²) < 4.78 is 5.07.